The van der Waals surface area contributed by atoms with Gasteiger partial charge in [0.2, 0.25) is 0 Å². The zero-order chi connectivity index (χ0) is 20.0. The Morgan fingerprint density at radius 3 is 2.29 bits per heavy atom. The fraction of sp³-hybridized carbons (Fsp3) is 0.429. The molecule has 28 heavy (non-hydrogen) atoms. The highest BCUT2D eigenvalue weighted by Crippen LogP contribution is 2.38. The van der Waals surface area contributed by atoms with Crippen LogP contribution in [0, 0.1) is 0 Å². The van der Waals surface area contributed by atoms with Crippen LogP contribution in [0.3, 0.4) is 0 Å². The quantitative estimate of drug-likeness (QED) is 0.419. The Hall–Kier alpha value is -0.840. The van der Waals surface area contributed by atoms with E-state index in [-0.39, 0.29) is 24.6 Å². The summed E-state index contributed by atoms with van der Waals surface area (Å²) in [4.78, 5) is 0. The molecule has 0 aliphatic heterocycles. The zero-order valence-corrected chi connectivity index (χ0v) is 19.7. The average Bonchev–Trinajstić information content (AvgIpc) is 2.61. The molecule has 0 spiro atoms. The lowest BCUT2D eigenvalue weighted by Crippen LogP contribution is -2.37. The van der Waals surface area contributed by atoms with Crippen LogP contribution in [0.1, 0.15) is 45.2 Å². The molecule has 0 aliphatic carbocycles. The van der Waals surface area contributed by atoms with Gasteiger partial charge in [-0.25, -0.2) is 0 Å². The Morgan fingerprint density at radius 1 is 0.964 bits per heavy atom. The van der Waals surface area contributed by atoms with Crippen molar-refractivity contribution in [2.45, 2.75) is 52.8 Å². The third-order valence-corrected chi connectivity index (χ3v) is 5.28. The Balaban J connectivity index is 0.00000392. The maximum Gasteiger partial charge on any atom is 0.180 e. The van der Waals surface area contributed by atoms with Crippen molar-refractivity contribution in [3.63, 3.8) is 0 Å². The van der Waals surface area contributed by atoms with E-state index < -0.39 is 0 Å². The van der Waals surface area contributed by atoms with E-state index in [1.54, 1.807) is 12.1 Å². The summed E-state index contributed by atoms with van der Waals surface area (Å²) in [6, 6.07) is 9.18. The fourth-order valence-electron chi connectivity index (χ4n) is 2.38. The third kappa shape index (κ3) is 7.20. The van der Waals surface area contributed by atoms with Crippen molar-refractivity contribution in [3.05, 3.63) is 56.5 Å². The molecule has 2 aromatic rings. The molecule has 0 aliphatic rings. The van der Waals surface area contributed by atoms with Gasteiger partial charge >= 0.3 is 0 Å². The standard InChI is InChI=1S/C21H26Cl3NO2.ClH/c1-5-21(3,4)25-12-14-9-18(24)20(19(10-14)26-6-2)27-13-15-7-8-16(22)11-17(15)23;/h7-11,25H,5-6,12-13H2,1-4H3;1H. The van der Waals surface area contributed by atoms with Crippen LogP contribution in [-0.2, 0) is 13.2 Å². The molecular formula is C21H27Cl4NO2. The van der Waals surface area contributed by atoms with Crippen molar-refractivity contribution in [1.29, 1.82) is 0 Å². The van der Waals surface area contributed by atoms with E-state index in [2.05, 4.69) is 26.1 Å². The topological polar surface area (TPSA) is 30.5 Å². The zero-order valence-electron chi connectivity index (χ0n) is 16.6. The maximum absolute atomic E-state index is 6.50. The average molecular weight is 467 g/mol. The van der Waals surface area contributed by atoms with Crippen LogP contribution in [0.15, 0.2) is 30.3 Å². The Labute approximate surface area is 189 Å². The molecule has 0 fully saturated rings. The van der Waals surface area contributed by atoms with Crippen molar-refractivity contribution in [1.82, 2.24) is 5.32 Å². The molecule has 0 radical (unpaired) electrons. The lowest BCUT2D eigenvalue weighted by molar-refractivity contribution is 0.269. The van der Waals surface area contributed by atoms with Gasteiger partial charge in [-0.05, 0) is 57.0 Å². The van der Waals surface area contributed by atoms with E-state index in [1.165, 1.54) is 0 Å². The molecule has 0 bridgehead atoms. The van der Waals surface area contributed by atoms with Crippen LogP contribution < -0.4 is 14.8 Å². The van der Waals surface area contributed by atoms with Crippen molar-refractivity contribution in [2.24, 2.45) is 0 Å². The maximum atomic E-state index is 6.50. The van der Waals surface area contributed by atoms with E-state index in [0.29, 0.717) is 39.7 Å². The van der Waals surface area contributed by atoms with Gasteiger partial charge < -0.3 is 14.8 Å². The number of halogens is 4. The predicted octanol–water partition coefficient (Wildman–Crippen LogP) is 7.32. The third-order valence-electron chi connectivity index (χ3n) is 4.41. The first-order valence-electron chi connectivity index (χ1n) is 9.02. The normalized spacial score (nSPS) is 11.1. The number of hydrogen-bond acceptors (Lipinski definition) is 3. The minimum Gasteiger partial charge on any atom is -0.490 e. The molecule has 0 heterocycles. The van der Waals surface area contributed by atoms with E-state index in [4.69, 9.17) is 44.3 Å². The summed E-state index contributed by atoms with van der Waals surface area (Å²) in [5.41, 5.74) is 1.93. The minimum absolute atomic E-state index is 0. The van der Waals surface area contributed by atoms with E-state index in [0.717, 1.165) is 17.5 Å². The van der Waals surface area contributed by atoms with Gasteiger partial charge in [0, 0.05) is 27.7 Å². The van der Waals surface area contributed by atoms with Gasteiger partial charge in [0.05, 0.1) is 11.6 Å². The highest BCUT2D eigenvalue weighted by molar-refractivity contribution is 6.35. The summed E-state index contributed by atoms with van der Waals surface area (Å²) in [6.07, 6.45) is 1.03. The van der Waals surface area contributed by atoms with Gasteiger partial charge in [-0.2, -0.15) is 0 Å². The molecule has 1 N–H and O–H groups in total. The Kier molecular flexibility index (Phi) is 10.2. The highest BCUT2D eigenvalue weighted by Gasteiger charge is 2.17. The van der Waals surface area contributed by atoms with Gasteiger partial charge in [-0.3, -0.25) is 0 Å². The molecule has 3 nitrogen and oxygen atoms in total. The van der Waals surface area contributed by atoms with Crippen LogP contribution in [0.4, 0.5) is 0 Å². The molecule has 2 aromatic carbocycles. The van der Waals surface area contributed by atoms with Gasteiger partial charge in [-0.15, -0.1) is 12.4 Å². The molecule has 0 saturated heterocycles. The first kappa shape index (κ1) is 25.2. The lowest BCUT2D eigenvalue weighted by Gasteiger charge is -2.25. The molecule has 156 valence electrons. The van der Waals surface area contributed by atoms with Crippen molar-refractivity contribution >= 4 is 47.2 Å². The molecule has 0 aromatic heterocycles. The van der Waals surface area contributed by atoms with Crippen molar-refractivity contribution in [3.8, 4) is 11.5 Å². The van der Waals surface area contributed by atoms with Crippen molar-refractivity contribution < 1.29 is 9.47 Å². The molecule has 0 saturated carbocycles. The largest absolute Gasteiger partial charge is 0.490 e. The van der Waals surface area contributed by atoms with Crippen LogP contribution in [0.5, 0.6) is 11.5 Å². The van der Waals surface area contributed by atoms with Gasteiger partial charge in [0.1, 0.15) is 6.61 Å². The molecular weight excluding hydrogens is 440 g/mol. The molecule has 7 heteroatoms. The van der Waals surface area contributed by atoms with Gasteiger partial charge in [-0.1, -0.05) is 47.8 Å². The van der Waals surface area contributed by atoms with E-state index >= 15 is 0 Å². The lowest BCUT2D eigenvalue weighted by atomic mass is 10.0. The summed E-state index contributed by atoms with van der Waals surface area (Å²) in [7, 11) is 0. The summed E-state index contributed by atoms with van der Waals surface area (Å²) < 4.78 is 11.7. The van der Waals surface area contributed by atoms with Crippen LogP contribution in [0.2, 0.25) is 15.1 Å². The number of benzene rings is 2. The number of hydrogen-bond donors (Lipinski definition) is 1. The van der Waals surface area contributed by atoms with Crippen LogP contribution >= 0.6 is 47.2 Å². The number of nitrogens with one attached hydrogen (secondary N) is 1. The summed E-state index contributed by atoms with van der Waals surface area (Å²) in [5, 5.41) is 5.18. The first-order chi connectivity index (χ1) is 12.8. The predicted molar refractivity (Wildman–Crippen MR) is 122 cm³/mol. The molecule has 0 unspecified atom stereocenters. The second kappa shape index (κ2) is 11.4. The second-order valence-electron chi connectivity index (χ2n) is 6.95. The van der Waals surface area contributed by atoms with Gasteiger partial charge in [0.15, 0.2) is 11.5 Å². The summed E-state index contributed by atoms with van der Waals surface area (Å²) in [6.45, 7) is 9.92. The van der Waals surface area contributed by atoms with E-state index in [1.807, 2.05) is 25.1 Å². The van der Waals surface area contributed by atoms with Crippen LogP contribution in [-0.4, -0.2) is 12.1 Å². The Morgan fingerprint density at radius 2 is 1.68 bits per heavy atom. The molecule has 0 amide bonds. The smallest absolute Gasteiger partial charge is 0.180 e. The first-order valence-corrected chi connectivity index (χ1v) is 10.2. The van der Waals surface area contributed by atoms with E-state index in [9.17, 15) is 0 Å². The SMILES string of the molecule is CCOc1cc(CNC(C)(C)CC)cc(Cl)c1OCc1ccc(Cl)cc1Cl.Cl. The molecule has 2 rings (SSSR count). The summed E-state index contributed by atoms with van der Waals surface area (Å²) >= 11 is 18.7. The number of rotatable bonds is 9. The van der Waals surface area contributed by atoms with Crippen LogP contribution in [0.25, 0.3) is 0 Å². The minimum atomic E-state index is 0. The molecule has 0 atom stereocenters. The highest BCUT2D eigenvalue weighted by atomic mass is 35.5. The van der Waals surface area contributed by atoms with Gasteiger partial charge in [0.25, 0.3) is 0 Å². The van der Waals surface area contributed by atoms with Crippen molar-refractivity contribution in [2.75, 3.05) is 6.61 Å². The fourth-order valence-corrected chi connectivity index (χ4v) is 3.13. The second-order valence-corrected chi connectivity index (χ2v) is 8.20. The monoisotopic (exact) mass is 465 g/mol. The Bertz CT molecular complexity index is 781. The number of ether oxygens (including phenoxy) is 2. The summed E-state index contributed by atoms with van der Waals surface area (Å²) in [5.74, 6) is 1.14.